The van der Waals surface area contributed by atoms with E-state index in [0.29, 0.717) is 37.2 Å². The van der Waals surface area contributed by atoms with Crippen LogP contribution in [0, 0.1) is 6.92 Å². The number of rotatable bonds is 4. The minimum atomic E-state index is -4.64. The van der Waals surface area contributed by atoms with E-state index in [1.165, 1.54) is 0 Å². The van der Waals surface area contributed by atoms with Crippen LogP contribution in [0.2, 0.25) is 0 Å². The number of fused-ring (bicyclic) bond motifs is 1. The molecule has 9 heteroatoms. The largest absolute Gasteiger partial charge is 0.489 e. The van der Waals surface area contributed by atoms with Gasteiger partial charge in [0.15, 0.2) is 0 Å². The van der Waals surface area contributed by atoms with Crippen molar-refractivity contribution in [2.75, 3.05) is 13.1 Å². The number of nitrogens with zero attached hydrogens (tertiary/aromatic N) is 4. The number of hydrogen-bond acceptors (Lipinski definition) is 4. The van der Waals surface area contributed by atoms with Crippen LogP contribution in [0.25, 0.3) is 11.0 Å². The zero-order valence-electron chi connectivity index (χ0n) is 16.4. The second-order valence-corrected chi connectivity index (χ2v) is 7.40. The molecular weight excluding hydrogens is 397 g/mol. The first kappa shape index (κ1) is 20.2. The van der Waals surface area contributed by atoms with Gasteiger partial charge in [-0.05, 0) is 36.8 Å². The van der Waals surface area contributed by atoms with E-state index in [1.807, 2.05) is 6.07 Å². The Morgan fingerprint density at radius 3 is 2.67 bits per heavy atom. The lowest BCUT2D eigenvalue weighted by molar-refractivity contribution is -0.148. The van der Waals surface area contributed by atoms with E-state index < -0.39 is 18.5 Å². The lowest BCUT2D eigenvalue weighted by Crippen LogP contribution is -2.43. The lowest BCUT2D eigenvalue weighted by Gasteiger charge is -2.32. The van der Waals surface area contributed by atoms with Gasteiger partial charge in [-0.15, -0.1) is 0 Å². The van der Waals surface area contributed by atoms with Crippen LogP contribution >= 0.6 is 0 Å². The highest BCUT2D eigenvalue weighted by Crippen LogP contribution is 2.32. The summed E-state index contributed by atoms with van der Waals surface area (Å²) in [5.41, 5.74) is 1.34. The van der Waals surface area contributed by atoms with E-state index >= 15 is 0 Å². The molecule has 1 aromatic carbocycles. The summed E-state index contributed by atoms with van der Waals surface area (Å²) in [5.74, 6) is -0.746. The molecule has 2 aromatic heterocycles. The van der Waals surface area contributed by atoms with Gasteiger partial charge in [0.25, 0.3) is 0 Å². The fraction of sp³-hybridized carbons (Fsp3) is 0.381. The van der Waals surface area contributed by atoms with Gasteiger partial charge in [-0.1, -0.05) is 6.07 Å². The van der Waals surface area contributed by atoms with Crippen molar-refractivity contribution in [2.45, 2.75) is 38.6 Å². The quantitative estimate of drug-likeness (QED) is 0.646. The van der Waals surface area contributed by atoms with Crippen molar-refractivity contribution in [1.29, 1.82) is 0 Å². The van der Waals surface area contributed by atoms with Gasteiger partial charge >= 0.3 is 6.18 Å². The minimum Gasteiger partial charge on any atom is -0.489 e. The monoisotopic (exact) mass is 418 g/mol. The number of carbonyl (C=O) groups excluding carboxylic acids is 1. The number of amides is 1. The molecule has 0 N–H and O–H groups in total. The molecule has 0 aliphatic carbocycles. The lowest BCUT2D eigenvalue weighted by atomic mass is 10.1. The molecule has 3 aromatic rings. The van der Waals surface area contributed by atoms with Crippen molar-refractivity contribution in [2.24, 2.45) is 0 Å². The summed E-state index contributed by atoms with van der Waals surface area (Å²) in [7, 11) is 0. The molecule has 0 spiro atoms. The SMILES string of the molecule is Cc1ccc2nc(C(F)(F)F)n(CC(=O)N3CCC(Oc4cccnc4)CC3)c2c1. The van der Waals surface area contributed by atoms with E-state index in [2.05, 4.69) is 9.97 Å². The van der Waals surface area contributed by atoms with Crippen LogP contribution in [0.4, 0.5) is 13.2 Å². The van der Waals surface area contributed by atoms with Crippen LogP contribution in [0.3, 0.4) is 0 Å². The molecule has 1 aliphatic rings. The number of alkyl halides is 3. The summed E-state index contributed by atoms with van der Waals surface area (Å²) in [6.45, 7) is 2.25. The van der Waals surface area contributed by atoms with Gasteiger partial charge in [-0.25, -0.2) is 4.98 Å². The molecule has 1 fully saturated rings. The van der Waals surface area contributed by atoms with Gasteiger partial charge in [0.1, 0.15) is 18.4 Å². The molecule has 6 nitrogen and oxygen atoms in total. The third-order valence-electron chi connectivity index (χ3n) is 5.18. The summed E-state index contributed by atoms with van der Waals surface area (Å²) in [6.07, 6.45) is -0.196. The average molecular weight is 418 g/mol. The molecular formula is C21H21F3N4O2. The summed E-state index contributed by atoms with van der Waals surface area (Å²) in [4.78, 5) is 22.1. The number of pyridine rings is 1. The highest BCUT2D eigenvalue weighted by atomic mass is 19.4. The fourth-order valence-electron chi connectivity index (χ4n) is 3.68. The number of aromatic nitrogens is 3. The summed E-state index contributed by atoms with van der Waals surface area (Å²) in [5, 5.41) is 0. The van der Waals surface area contributed by atoms with Crippen LogP contribution in [-0.2, 0) is 17.5 Å². The number of halogens is 3. The van der Waals surface area contributed by atoms with E-state index in [-0.39, 0.29) is 17.5 Å². The number of imidazole rings is 1. The summed E-state index contributed by atoms with van der Waals surface area (Å²) in [6, 6.07) is 8.47. The van der Waals surface area contributed by atoms with Crippen LogP contribution < -0.4 is 4.74 Å². The van der Waals surface area contributed by atoms with Crippen molar-refractivity contribution in [3.63, 3.8) is 0 Å². The Labute approximate surface area is 171 Å². The Kier molecular flexibility index (Phi) is 5.36. The van der Waals surface area contributed by atoms with Crippen LogP contribution in [-0.4, -0.2) is 44.5 Å². The van der Waals surface area contributed by atoms with Crippen LogP contribution in [0.1, 0.15) is 24.2 Å². The maximum atomic E-state index is 13.5. The summed E-state index contributed by atoms with van der Waals surface area (Å²) < 4.78 is 47.4. The summed E-state index contributed by atoms with van der Waals surface area (Å²) >= 11 is 0. The average Bonchev–Trinajstić information content (AvgIpc) is 3.07. The minimum absolute atomic E-state index is 0.0549. The van der Waals surface area contributed by atoms with E-state index in [1.54, 1.807) is 48.5 Å². The molecule has 0 saturated carbocycles. The van der Waals surface area contributed by atoms with E-state index in [0.717, 1.165) is 10.1 Å². The Balaban J connectivity index is 1.47. The van der Waals surface area contributed by atoms with Crippen molar-refractivity contribution in [3.05, 3.63) is 54.1 Å². The second-order valence-electron chi connectivity index (χ2n) is 7.40. The fourth-order valence-corrected chi connectivity index (χ4v) is 3.68. The standard InChI is InChI=1S/C21H21F3N4O2/c1-14-4-5-17-18(11-14)28(20(26-17)21(22,23)24)13-19(29)27-9-6-15(7-10-27)30-16-3-2-8-25-12-16/h2-5,8,11-12,15H,6-7,9-10,13H2,1H3. The van der Waals surface area contributed by atoms with Gasteiger partial charge in [0.05, 0.1) is 17.2 Å². The third-order valence-corrected chi connectivity index (χ3v) is 5.18. The molecule has 30 heavy (non-hydrogen) atoms. The first-order valence-corrected chi connectivity index (χ1v) is 9.70. The molecule has 0 bridgehead atoms. The molecule has 4 rings (SSSR count). The molecule has 0 radical (unpaired) electrons. The van der Waals surface area contributed by atoms with Gasteiger partial charge in [-0.3, -0.25) is 9.78 Å². The Bertz CT molecular complexity index is 1040. The number of carbonyl (C=O) groups is 1. The van der Waals surface area contributed by atoms with Crippen molar-refractivity contribution in [1.82, 2.24) is 19.4 Å². The number of ether oxygens (including phenoxy) is 1. The molecule has 1 amide bonds. The molecule has 3 heterocycles. The zero-order chi connectivity index (χ0) is 21.3. The van der Waals surface area contributed by atoms with Gasteiger partial charge < -0.3 is 14.2 Å². The van der Waals surface area contributed by atoms with E-state index in [4.69, 9.17) is 4.74 Å². The number of aryl methyl sites for hydroxylation is 1. The third kappa shape index (κ3) is 4.24. The first-order chi connectivity index (χ1) is 14.3. The first-order valence-electron chi connectivity index (χ1n) is 9.70. The number of piperidine rings is 1. The van der Waals surface area contributed by atoms with E-state index in [9.17, 15) is 18.0 Å². The Hall–Kier alpha value is -3.10. The number of hydrogen-bond donors (Lipinski definition) is 0. The smallest absolute Gasteiger partial charge is 0.449 e. The molecule has 158 valence electrons. The highest BCUT2D eigenvalue weighted by Gasteiger charge is 2.38. The predicted octanol–water partition coefficient (Wildman–Crippen LogP) is 3.83. The maximum Gasteiger partial charge on any atom is 0.449 e. The zero-order valence-corrected chi connectivity index (χ0v) is 16.4. The highest BCUT2D eigenvalue weighted by molar-refractivity contribution is 5.81. The number of benzene rings is 1. The Morgan fingerprint density at radius 1 is 1.23 bits per heavy atom. The normalized spacial score (nSPS) is 15.5. The predicted molar refractivity (Wildman–Crippen MR) is 104 cm³/mol. The van der Waals surface area contributed by atoms with Crippen molar-refractivity contribution in [3.8, 4) is 5.75 Å². The van der Waals surface area contributed by atoms with Gasteiger partial charge in [-0.2, -0.15) is 13.2 Å². The van der Waals surface area contributed by atoms with Crippen molar-refractivity contribution >= 4 is 16.9 Å². The molecule has 1 aliphatic heterocycles. The molecule has 0 atom stereocenters. The Morgan fingerprint density at radius 2 is 2.00 bits per heavy atom. The molecule has 0 unspecified atom stereocenters. The van der Waals surface area contributed by atoms with Gasteiger partial charge in [0.2, 0.25) is 11.7 Å². The molecule has 1 saturated heterocycles. The van der Waals surface area contributed by atoms with Crippen LogP contribution in [0.15, 0.2) is 42.7 Å². The van der Waals surface area contributed by atoms with Crippen LogP contribution in [0.5, 0.6) is 5.75 Å². The van der Waals surface area contributed by atoms with Gasteiger partial charge in [0, 0.05) is 32.1 Å². The topological polar surface area (TPSA) is 60.2 Å². The maximum absolute atomic E-state index is 13.5. The number of likely N-dealkylation sites (tertiary alicyclic amines) is 1. The van der Waals surface area contributed by atoms with Crippen molar-refractivity contribution < 1.29 is 22.7 Å². The second kappa shape index (κ2) is 7.97.